The minimum atomic E-state index is 0.103. The first-order valence-electron chi connectivity index (χ1n) is 7.03. The Kier molecular flexibility index (Phi) is 16.1. The SMILES string of the molecule is CC.CC.CC(=O)NCCC1CCCCC1. The Hall–Kier alpha value is -0.530. The lowest BCUT2D eigenvalue weighted by atomic mass is 9.87. The molecule has 1 aliphatic rings. The Morgan fingerprint density at radius 3 is 2.00 bits per heavy atom. The van der Waals surface area contributed by atoms with E-state index in [4.69, 9.17) is 0 Å². The maximum absolute atomic E-state index is 10.6. The van der Waals surface area contributed by atoms with Crippen LogP contribution in [0.3, 0.4) is 0 Å². The molecule has 0 aromatic heterocycles. The van der Waals surface area contributed by atoms with E-state index in [1.165, 1.54) is 38.5 Å². The molecule has 16 heavy (non-hydrogen) atoms. The molecule has 0 aromatic carbocycles. The Labute approximate surface area is 102 Å². The van der Waals surface area contributed by atoms with Crippen LogP contribution in [-0.2, 0) is 4.79 Å². The molecule has 1 rings (SSSR count). The Balaban J connectivity index is 0. The van der Waals surface area contributed by atoms with Crippen molar-refractivity contribution < 1.29 is 4.79 Å². The molecule has 0 radical (unpaired) electrons. The third kappa shape index (κ3) is 11.5. The van der Waals surface area contributed by atoms with E-state index in [1.807, 2.05) is 27.7 Å². The molecule has 1 saturated carbocycles. The van der Waals surface area contributed by atoms with Crippen molar-refractivity contribution in [2.24, 2.45) is 5.92 Å². The van der Waals surface area contributed by atoms with Gasteiger partial charge in [0.05, 0.1) is 0 Å². The third-order valence-electron chi connectivity index (χ3n) is 2.65. The summed E-state index contributed by atoms with van der Waals surface area (Å²) in [5.41, 5.74) is 0. The Morgan fingerprint density at radius 1 is 1.06 bits per heavy atom. The van der Waals surface area contributed by atoms with Gasteiger partial charge in [0.1, 0.15) is 0 Å². The van der Waals surface area contributed by atoms with Crippen LogP contribution in [0.25, 0.3) is 0 Å². The summed E-state index contributed by atoms with van der Waals surface area (Å²) in [4.78, 5) is 10.6. The van der Waals surface area contributed by atoms with Crippen molar-refractivity contribution in [3.05, 3.63) is 0 Å². The lowest BCUT2D eigenvalue weighted by molar-refractivity contribution is -0.119. The Bertz CT molecular complexity index is 140. The van der Waals surface area contributed by atoms with Gasteiger partial charge in [0.25, 0.3) is 0 Å². The zero-order chi connectivity index (χ0) is 12.8. The quantitative estimate of drug-likeness (QED) is 0.774. The summed E-state index contributed by atoms with van der Waals surface area (Å²) < 4.78 is 0. The van der Waals surface area contributed by atoms with Crippen LogP contribution in [0.4, 0.5) is 0 Å². The minimum Gasteiger partial charge on any atom is -0.356 e. The van der Waals surface area contributed by atoms with Gasteiger partial charge in [0, 0.05) is 13.5 Å². The van der Waals surface area contributed by atoms with Gasteiger partial charge in [-0.05, 0) is 12.3 Å². The van der Waals surface area contributed by atoms with Gasteiger partial charge < -0.3 is 5.32 Å². The van der Waals surface area contributed by atoms with E-state index in [0.717, 1.165) is 12.5 Å². The largest absolute Gasteiger partial charge is 0.356 e. The maximum atomic E-state index is 10.6. The summed E-state index contributed by atoms with van der Waals surface area (Å²) in [6.07, 6.45) is 8.13. The smallest absolute Gasteiger partial charge is 0.216 e. The summed E-state index contributed by atoms with van der Waals surface area (Å²) in [5, 5.41) is 2.85. The fraction of sp³-hybridized carbons (Fsp3) is 0.929. The van der Waals surface area contributed by atoms with Crippen LogP contribution >= 0.6 is 0 Å². The number of nitrogens with one attached hydrogen (secondary N) is 1. The molecule has 0 saturated heterocycles. The highest BCUT2D eigenvalue weighted by Crippen LogP contribution is 2.25. The number of hydrogen-bond donors (Lipinski definition) is 1. The molecule has 2 heteroatoms. The van der Waals surface area contributed by atoms with Crippen molar-refractivity contribution in [1.82, 2.24) is 5.32 Å². The minimum absolute atomic E-state index is 0.103. The summed E-state index contributed by atoms with van der Waals surface area (Å²) in [6.45, 7) is 10.5. The van der Waals surface area contributed by atoms with E-state index in [0.29, 0.717) is 0 Å². The molecular weight excluding hydrogens is 198 g/mol. The molecule has 1 fully saturated rings. The lowest BCUT2D eigenvalue weighted by Gasteiger charge is -2.21. The second kappa shape index (κ2) is 14.5. The number of carbonyl (C=O) groups is 1. The molecule has 2 nitrogen and oxygen atoms in total. The molecule has 0 unspecified atom stereocenters. The van der Waals surface area contributed by atoms with Gasteiger partial charge >= 0.3 is 0 Å². The van der Waals surface area contributed by atoms with Gasteiger partial charge in [-0.15, -0.1) is 0 Å². The number of carbonyl (C=O) groups excluding carboxylic acids is 1. The fourth-order valence-electron chi connectivity index (χ4n) is 1.93. The molecule has 1 N–H and O–H groups in total. The molecule has 0 bridgehead atoms. The van der Waals surface area contributed by atoms with Crippen LogP contribution in [0.2, 0.25) is 0 Å². The predicted molar refractivity (Wildman–Crippen MR) is 72.6 cm³/mol. The lowest BCUT2D eigenvalue weighted by Crippen LogP contribution is -2.23. The number of hydrogen-bond acceptors (Lipinski definition) is 1. The topological polar surface area (TPSA) is 29.1 Å². The van der Waals surface area contributed by atoms with E-state index < -0.39 is 0 Å². The highest BCUT2D eigenvalue weighted by atomic mass is 16.1. The standard InChI is InChI=1S/C10H19NO.2C2H6/c1-9(12)11-8-7-10-5-3-2-4-6-10;2*1-2/h10H,2-8H2,1H3,(H,11,12);2*1-2H3. The van der Waals surface area contributed by atoms with Crippen LogP contribution in [0.5, 0.6) is 0 Å². The van der Waals surface area contributed by atoms with Crippen molar-refractivity contribution >= 4 is 5.91 Å². The average Bonchev–Trinajstić information content (AvgIpc) is 2.35. The summed E-state index contributed by atoms with van der Waals surface area (Å²) in [5.74, 6) is 0.983. The monoisotopic (exact) mass is 229 g/mol. The van der Waals surface area contributed by atoms with Gasteiger partial charge in [-0.2, -0.15) is 0 Å². The van der Waals surface area contributed by atoms with Gasteiger partial charge in [-0.1, -0.05) is 59.8 Å². The van der Waals surface area contributed by atoms with E-state index in [9.17, 15) is 4.79 Å². The molecular formula is C14H31NO. The van der Waals surface area contributed by atoms with E-state index >= 15 is 0 Å². The van der Waals surface area contributed by atoms with Crippen molar-refractivity contribution in [2.45, 2.75) is 73.1 Å². The van der Waals surface area contributed by atoms with Crippen LogP contribution in [0.1, 0.15) is 73.1 Å². The van der Waals surface area contributed by atoms with E-state index in [2.05, 4.69) is 5.32 Å². The molecule has 0 aliphatic heterocycles. The fourth-order valence-corrected chi connectivity index (χ4v) is 1.93. The van der Waals surface area contributed by atoms with Crippen molar-refractivity contribution in [2.75, 3.05) is 6.54 Å². The second-order valence-corrected chi connectivity index (χ2v) is 3.78. The highest BCUT2D eigenvalue weighted by Gasteiger charge is 2.12. The first kappa shape index (κ1) is 17.9. The molecule has 1 aliphatic carbocycles. The van der Waals surface area contributed by atoms with Crippen LogP contribution in [0, 0.1) is 5.92 Å². The summed E-state index contributed by atoms with van der Waals surface area (Å²) in [6, 6.07) is 0. The predicted octanol–water partition coefficient (Wildman–Crippen LogP) is 4.15. The molecule has 0 aromatic rings. The maximum Gasteiger partial charge on any atom is 0.216 e. The van der Waals surface area contributed by atoms with E-state index in [-0.39, 0.29) is 5.91 Å². The average molecular weight is 229 g/mol. The highest BCUT2D eigenvalue weighted by molar-refractivity contribution is 5.72. The summed E-state index contributed by atoms with van der Waals surface area (Å²) in [7, 11) is 0. The van der Waals surface area contributed by atoms with Gasteiger partial charge in [-0.3, -0.25) is 4.79 Å². The molecule has 0 spiro atoms. The first-order chi connectivity index (χ1) is 7.79. The van der Waals surface area contributed by atoms with Crippen molar-refractivity contribution in [1.29, 1.82) is 0 Å². The third-order valence-corrected chi connectivity index (χ3v) is 2.65. The number of amides is 1. The zero-order valence-corrected chi connectivity index (χ0v) is 11.9. The van der Waals surface area contributed by atoms with Crippen LogP contribution in [0.15, 0.2) is 0 Å². The van der Waals surface area contributed by atoms with Gasteiger partial charge in [0.2, 0.25) is 5.91 Å². The first-order valence-corrected chi connectivity index (χ1v) is 7.03. The molecule has 98 valence electrons. The van der Waals surface area contributed by atoms with Crippen molar-refractivity contribution in [3.63, 3.8) is 0 Å². The zero-order valence-electron chi connectivity index (χ0n) is 11.9. The molecule has 1 amide bonds. The second-order valence-electron chi connectivity index (χ2n) is 3.78. The van der Waals surface area contributed by atoms with Crippen molar-refractivity contribution in [3.8, 4) is 0 Å². The van der Waals surface area contributed by atoms with E-state index in [1.54, 1.807) is 6.92 Å². The summed E-state index contributed by atoms with van der Waals surface area (Å²) >= 11 is 0. The van der Waals surface area contributed by atoms with Crippen LogP contribution in [-0.4, -0.2) is 12.5 Å². The molecule has 0 heterocycles. The molecule has 0 atom stereocenters. The normalized spacial score (nSPS) is 15.1. The van der Waals surface area contributed by atoms with Gasteiger partial charge in [0.15, 0.2) is 0 Å². The van der Waals surface area contributed by atoms with Gasteiger partial charge in [-0.25, -0.2) is 0 Å². The number of rotatable bonds is 3. The Morgan fingerprint density at radius 2 is 1.56 bits per heavy atom. The van der Waals surface area contributed by atoms with Crippen LogP contribution < -0.4 is 5.32 Å².